The van der Waals surface area contributed by atoms with Crippen LogP contribution in [0, 0.1) is 6.42 Å². The summed E-state index contributed by atoms with van der Waals surface area (Å²) in [4.78, 5) is 28.3. The molecule has 0 unspecified atom stereocenters. The fourth-order valence-electron chi connectivity index (χ4n) is 1.92. The molecule has 113 valence electrons. The van der Waals surface area contributed by atoms with Gasteiger partial charge in [0.15, 0.2) is 0 Å². The van der Waals surface area contributed by atoms with E-state index in [0.717, 1.165) is 5.56 Å². The van der Waals surface area contributed by atoms with Crippen molar-refractivity contribution in [3.8, 4) is 0 Å². The molecule has 1 radical (unpaired) electrons. The smallest absolute Gasteiger partial charge is 0.327 e. The third-order valence-electron chi connectivity index (χ3n) is 2.99. The molecule has 3 amide bonds. The van der Waals surface area contributed by atoms with Crippen LogP contribution >= 0.6 is 0 Å². The minimum atomic E-state index is -1.45. The lowest BCUT2D eigenvalue weighted by Crippen LogP contribution is -2.47. The number of pyridine rings is 1. The number of imide groups is 1. The summed E-state index contributed by atoms with van der Waals surface area (Å²) in [7, 11) is 0. The van der Waals surface area contributed by atoms with E-state index in [2.05, 4.69) is 4.98 Å². The van der Waals surface area contributed by atoms with Gasteiger partial charge in [0.1, 0.15) is 11.9 Å². The molecule has 0 saturated heterocycles. The van der Waals surface area contributed by atoms with Crippen LogP contribution in [0.15, 0.2) is 54.7 Å². The molecule has 0 fully saturated rings. The van der Waals surface area contributed by atoms with Gasteiger partial charge in [0.05, 0.1) is 0 Å². The molecule has 2 rings (SSSR count). The fraction of sp³-hybridized carbons (Fsp3) is 0.125. The Labute approximate surface area is 128 Å². The third-order valence-corrected chi connectivity index (χ3v) is 2.99. The monoisotopic (exact) mass is 298 g/mol. The molecule has 0 bridgehead atoms. The molecule has 0 aliphatic heterocycles. The summed E-state index contributed by atoms with van der Waals surface area (Å²) in [6.07, 6.45) is 1.78. The van der Waals surface area contributed by atoms with Gasteiger partial charge in [0.2, 0.25) is 0 Å². The summed E-state index contributed by atoms with van der Waals surface area (Å²) in [5.74, 6) is -0.755. The maximum absolute atomic E-state index is 12.2. The Balaban J connectivity index is 2.05. The normalized spacial score (nSPS) is 11.7. The van der Waals surface area contributed by atoms with Crippen molar-refractivity contribution >= 4 is 17.8 Å². The zero-order valence-electron chi connectivity index (χ0n) is 11.8. The maximum atomic E-state index is 12.2. The van der Waals surface area contributed by atoms with Gasteiger partial charge < -0.3 is 10.8 Å². The molecule has 3 N–H and O–H groups in total. The Morgan fingerprint density at radius 2 is 1.86 bits per heavy atom. The molecule has 6 heteroatoms. The Morgan fingerprint density at radius 3 is 2.45 bits per heavy atom. The zero-order chi connectivity index (χ0) is 15.9. The molecular formula is C16H16N3O3. The van der Waals surface area contributed by atoms with Crippen molar-refractivity contribution < 1.29 is 14.7 Å². The summed E-state index contributed by atoms with van der Waals surface area (Å²) in [5.41, 5.74) is 6.16. The van der Waals surface area contributed by atoms with Crippen molar-refractivity contribution in [2.45, 2.75) is 12.5 Å². The average molecular weight is 298 g/mol. The van der Waals surface area contributed by atoms with Crippen LogP contribution in [0.2, 0.25) is 0 Å². The van der Waals surface area contributed by atoms with Gasteiger partial charge in [-0.2, -0.15) is 0 Å². The topological polar surface area (TPSA) is 96.5 Å². The quantitative estimate of drug-likeness (QED) is 0.869. The second-order valence-corrected chi connectivity index (χ2v) is 4.57. The van der Waals surface area contributed by atoms with Crippen molar-refractivity contribution in [1.82, 2.24) is 4.98 Å². The van der Waals surface area contributed by atoms with Gasteiger partial charge in [-0.25, -0.2) is 14.7 Å². The van der Waals surface area contributed by atoms with E-state index in [1.165, 1.54) is 18.7 Å². The van der Waals surface area contributed by atoms with E-state index in [0.29, 0.717) is 11.3 Å². The summed E-state index contributed by atoms with van der Waals surface area (Å²) >= 11 is 0. The average Bonchev–Trinajstić information content (AvgIpc) is 2.54. The van der Waals surface area contributed by atoms with E-state index in [1.807, 2.05) is 30.3 Å². The number of rotatable bonds is 5. The summed E-state index contributed by atoms with van der Waals surface area (Å²) in [6, 6.07) is 13.1. The van der Waals surface area contributed by atoms with Crippen LogP contribution in [0.4, 0.5) is 10.6 Å². The zero-order valence-corrected chi connectivity index (χ0v) is 11.8. The molecule has 1 aromatic heterocycles. The number of amides is 3. The number of aliphatic hydroxyl groups excluding tert-OH is 1. The first-order chi connectivity index (χ1) is 10.6. The van der Waals surface area contributed by atoms with Crippen LogP contribution in [-0.4, -0.2) is 28.1 Å². The van der Waals surface area contributed by atoms with Crippen LogP contribution < -0.4 is 10.6 Å². The minimum absolute atomic E-state index is 0.0761. The van der Waals surface area contributed by atoms with Crippen molar-refractivity contribution in [3.63, 3.8) is 0 Å². The van der Waals surface area contributed by atoms with E-state index in [4.69, 9.17) is 5.73 Å². The molecule has 2 aromatic rings. The highest BCUT2D eigenvalue weighted by molar-refractivity contribution is 6.14. The van der Waals surface area contributed by atoms with Gasteiger partial charge >= 0.3 is 6.03 Å². The van der Waals surface area contributed by atoms with Gasteiger partial charge in [-0.3, -0.25) is 4.79 Å². The molecule has 0 aliphatic rings. The molecule has 0 aliphatic carbocycles. The number of urea groups is 1. The molecule has 6 nitrogen and oxygen atoms in total. The summed E-state index contributed by atoms with van der Waals surface area (Å²) in [5, 5.41) is 9.98. The van der Waals surface area contributed by atoms with Crippen LogP contribution in [-0.2, 0) is 11.2 Å². The first kappa shape index (κ1) is 15.7. The van der Waals surface area contributed by atoms with Gasteiger partial charge in [-0.15, -0.1) is 0 Å². The number of carbonyl (C=O) groups is 2. The molecule has 1 atom stereocenters. The minimum Gasteiger partial charge on any atom is -0.383 e. The Morgan fingerprint density at radius 1 is 1.18 bits per heavy atom. The third kappa shape index (κ3) is 3.89. The van der Waals surface area contributed by atoms with Crippen LogP contribution in [0.1, 0.15) is 5.56 Å². The number of nitrogens with zero attached hydrogens (tertiary/aromatic N) is 2. The molecule has 1 aromatic carbocycles. The molecule has 0 saturated carbocycles. The van der Waals surface area contributed by atoms with Crippen LogP contribution in [0.25, 0.3) is 0 Å². The Kier molecular flexibility index (Phi) is 5.21. The van der Waals surface area contributed by atoms with E-state index in [-0.39, 0.29) is 5.82 Å². The number of primary amides is 1. The Hall–Kier alpha value is -2.73. The highest BCUT2D eigenvalue weighted by atomic mass is 16.3. The number of anilines is 1. The molecule has 22 heavy (non-hydrogen) atoms. The molecular weight excluding hydrogens is 282 g/mol. The predicted molar refractivity (Wildman–Crippen MR) is 81.8 cm³/mol. The van der Waals surface area contributed by atoms with Crippen molar-refractivity contribution in [1.29, 1.82) is 0 Å². The van der Waals surface area contributed by atoms with Crippen molar-refractivity contribution in [2.75, 3.05) is 4.90 Å². The number of carbonyl (C=O) groups excluding carboxylic acids is 2. The molecule has 0 spiro atoms. The number of aliphatic hydroxyl groups is 1. The van der Waals surface area contributed by atoms with E-state index < -0.39 is 18.0 Å². The first-order valence-corrected chi connectivity index (χ1v) is 6.69. The van der Waals surface area contributed by atoms with Crippen LogP contribution in [0.3, 0.4) is 0 Å². The summed E-state index contributed by atoms with van der Waals surface area (Å²) in [6.45, 7) is 0. The number of hydrogen-bond donors (Lipinski definition) is 2. The second kappa shape index (κ2) is 7.33. The van der Waals surface area contributed by atoms with Crippen molar-refractivity contribution in [3.05, 3.63) is 66.7 Å². The van der Waals surface area contributed by atoms with Gasteiger partial charge in [0, 0.05) is 12.6 Å². The van der Waals surface area contributed by atoms with E-state index in [1.54, 1.807) is 12.1 Å². The number of hydrogen-bond acceptors (Lipinski definition) is 4. The first-order valence-electron chi connectivity index (χ1n) is 6.69. The SMILES string of the molecule is NC(=O)N(C(=O)[C@@H](O)[CH]Cc1ccccc1)c1ccccn1. The second-order valence-electron chi connectivity index (χ2n) is 4.57. The molecule has 1 heterocycles. The number of aromatic nitrogens is 1. The van der Waals surface area contributed by atoms with Gasteiger partial charge in [-0.1, -0.05) is 36.4 Å². The maximum Gasteiger partial charge on any atom is 0.327 e. The lowest BCUT2D eigenvalue weighted by Gasteiger charge is -2.20. The summed E-state index contributed by atoms with van der Waals surface area (Å²) < 4.78 is 0. The van der Waals surface area contributed by atoms with E-state index >= 15 is 0 Å². The van der Waals surface area contributed by atoms with Gasteiger partial charge in [-0.05, 0) is 24.1 Å². The Bertz CT molecular complexity index is 632. The predicted octanol–water partition coefficient (Wildman–Crippen LogP) is 1.30. The largest absolute Gasteiger partial charge is 0.383 e. The standard InChI is InChI=1S/C16H16N3O3/c17-16(22)19(14-8-4-5-11-18-14)15(21)13(20)10-9-12-6-2-1-3-7-12/h1-8,10-11,13,20H,9H2,(H2,17,22)/t13-/m0/s1. The highest BCUT2D eigenvalue weighted by Crippen LogP contribution is 2.13. The van der Waals surface area contributed by atoms with E-state index in [9.17, 15) is 14.7 Å². The number of nitrogens with two attached hydrogens (primary N) is 1. The number of benzene rings is 1. The highest BCUT2D eigenvalue weighted by Gasteiger charge is 2.28. The lowest BCUT2D eigenvalue weighted by atomic mass is 10.1. The van der Waals surface area contributed by atoms with Crippen LogP contribution in [0.5, 0.6) is 0 Å². The van der Waals surface area contributed by atoms with Crippen molar-refractivity contribution in [2.24, 2.45) is 5.73 Å². The van der Waals surface area contributed by atoms with Gasteiger partial charge in [0.25, 0.3) is 5.91 Å². The lowest BCUT2D eigenvalue weighted by molar-refractivity contribution is -0.124. The fourth-order valence-corrected chi connectivity index (χ4v) is 1.92.